The monoisotopic (exact) mass is 420 g/mol. The minimum atomic E-state index is -3.59. The normalized spacial score (nSPS) is 11.5. The third-order valence-corrected chi connectivity index (χ3v) is 6.49. The summed E-state index contributed by atoms with van der Waals surface area (Å²) in [7, 11) is -3.59. The second-order valence-corrected chi connectivity index (χ2v) is 9.13. The fourth-order valence-electron chi connectivity index (χ4n) is 3.26. The van der Waals surface area contributed by atoms with E-state index in [-0.39, 0.29) is 22.2 Å². The molecule has 0 fully saturated rings. The topological polar surface area (TPSA) is 105 Å². The molecule has 2 N–H and O–H groups in total. The van der Waals surface area contributed by atoms with Crippen LogP contribution in [0, 0.1) is 13.8 Å². The molecule has 0 bridgehead atoms. The van der Waals surface area contributed by atoms with Gasteiger partial charge < -0.3 is 5.32 Å². The molecule has 152 valence electrons. The summed E-state index contributed by atoms with van der Waals surface area (Å²) in [6, 6.07) is 13.5. The van der Waals surface area contributed by atoms with Crippen LogP contribution in [0.1, 0.15) is 27.0 Å². The number of rotatable bonds is 5. The van der Waals surface area contributed by atoms with Crippen molar-refractivity contribution in [3.8, 4) is 0 Å². The van der Waals surface area contributed by atoms with Crippen LogP contribution < -0.4 is 5.32 Å². The Hall–Kier alpha value is -3.52. The SMILES string of the molecule is Cc1cc(C)cc(S(=O)(=O)c2ccc(CNC(=O)c3cnc4[nH]ncc4c3)cc2)c1. The average Bonchev–Trinajstić information content (AvgIpc) is 3.19. The summed E-state index contributed by atoms with van der Waals surface area (Å²) in [5.74, 6) is -0.266. The Morgan fingerprint density at radius 3 is 2.37 bits per heavy atom. The van der Waals surface area contributed by atoms with Crippen molar-refractivity contribution < 1.29 is 13.2 Å². The quantitative estimate of drug-likeness (QED) is 0.515. The van der Waals surface area contributed by atoms with Gasteiger partial charge in [-0.2, -0.15) is 5.10 Å². The van der Waals surface area contributed by atoms with Gasteiger partial charge in [0.15, 0.2) is 5.65 Å². The van der Waals surface area contributed by atoms with E-state index in [2.05, 4.69) is 20.5 Å². The number of pyridine rings is 1. The molecule has 4 rings (SSSR count). The maximum Gasteiger partial charge on any atom is 0.253 e. The molecule has 8 heteroatoms. The molecule has 0 radical (unpaired) electrons. The summed E-state index contributed by atoms with van der Waals surface area (Å²) in [6.45, 7) is 4.02. The zero-order valence-corrected chi connectivity index (χ0v) is 17.3. The summed E-state index contributed by atoms with van der Waals surface area (Å²) < 4.78 is 25.8. The lowest BCUT2D eigenvalue weighted by Crippen LogP contribution is -2.22. The number of amides is 1. The smallest absolute Gasteiger partial charge is 0.253 e. The van der Waals surface area contributed by atoms with Gasteiger partial charge in [-0.05, 0) is 60.9 Å². The highest BCUT2D eigenvalue weighted by molar-refractivity contribution is 7.91. The fraction of sp³-hybridized carbons (Fsp3) is 0.136. The highest BCUT2D eigenvalue weighted by atomic mass is 32.2. The summed E-state index contributed by atoms with van der Waals surface area (Å²) >= 11 is 0. The number of aromatic amines is 1. The number of carbonyl (C=O) groups excluding carboxylic acids is 1. The number of hydrogen-bond acceptors (Lipinski definition) is 5. The van der Waals surface area contributed by atoms with Gasteiger partial charge in [0.25, 0.3) is 5.91 Å². The number of hydrogen-bond donors (Lipinski definition) is 2. The Kier molecular flexibility index (Phi) is 5.09. The number of aromatic nitrogens is 3. The third-order valence-electron chi connectivity index (χ3n) is 4.75. The van der Waals surface area contributed by atoms with Crippen LogP contribution in [0.4, 0.5) is 0 Å². The number of benzene rings is 2. The van der Waals surface area contributed by atoms with Gasteiger partial charge in [-0.1, -0.05) is 18.2 Å². The summed E-state index contributed by atoms with van der Waals surface area (Å²) in [4.78, 5) is 17.0. The van der Waals surface area contributed by atoms with Gasteiger partial charge in [0.2, 0.25) is 9.84 Å². The Morgan fingerprint density at radius 2 is 1.67 bits per heavy atom. The van der Waals surface area contributed by atoms with Crippen molar-refractivity contribution >= 4 is 26.8 Å². The van der Waals surface area contributed by atoms with Crippen molar-refractivity contribution in [1.82, 2.24) is 20.5 Å². The second kappa shape index (κ2) is 7.72. The number of nitrogens with one attached hydrogen (secondary N) is 2. The lowest BCUT2D eigenvalue weighted by molar-refractivity contribution is 0.0950. The Morgan fingerprint density at radius 1 is 0.967 bits per heavy atom. The molecule has 4 aromatic rings. The van der Waals surface area contributed by atoms with E-state index in [9.17, 15) is 13.2 Å². The molecule has 0 atom stereocenters. The van der Waals surface area contributed by atoms with Crippen LogP contribution in [0.25, 0.3) is 11.0 Å². The number of nitrogens with zero attached hydrogens (tertiary/aromatic N) is 2. The zero-order valence-electron chi connectivity index (χ0n) is 16.5. The molecular weight excluding hydrogens is 400 g/mol. The van der Waals surface area contributed by atoms with Crippen molar-refractivity contribution in [2.75, 3.05) is 0 Å². The van der Waals surface area contributed by atoms with Crippen LogP contribution in [-0.4, -0.2) is 29.5 Å². The minimum absolute atomic E-state index is 0.220. The van der Waals surface area contributed by atoms with Crippen LogP contribution in [0.2, 0.25) is 0 Å². The third kappa shape index (κ3) is 3.95. The molecule has 2 aromatic carbocycles. The van der Waals surface area contributed by atoms with Gasteiger partial charge in [-0.3, -0.25) is 9.89 Å². The van der Waals surface area contributed by atoms with Gasteiger partial charge in [0.1, 0.15) is 0 Å². The molecule has 0 aliphatic rings. The first kappa shape index (κ1) is 19.8. The standard InChI is InChI=1S/C22H20N4O3S/c1-14-7-15(2)9-20(8-14)30(28,29)19-5-3-16(4-6-19)11-24-22(27)18-10-17-13-25-26-21(17)23-12-18/h3-10,12-13H,11H2,1-2H3,(H,24,27)(H,23,25,26). The predicted octanol–water partition coefficient (Wildman–Crippen LogP) is 3.34. The van der Waals surface area contributed by atoms with Gasteiger partial charge in [-0.25, -0.2) is 13.4 Å². The van der Waals surface area contributed by atoms with Crippen LogP contribution in [0.3, 0.4) is 0 Å². The van der Waals surface area contributed by atoms with Crippen molar-refractivity contribution in [2.45, 2.75) is 30.2 Å². The van der Waals surface area contributed by atoms with E-state index in [4.69, 9.17) is 0 Å². The lowest BCUT2D eigenvalue weighted by Gasteiger charge is -2.09. The van der Waals surface area contributed by atoms with E-state index in [0.29, 0.717) is 11.2 Å². The van der Waals surface area contributed by atoms with Crippen LogP contribution in [0.5, 0.6) is 0 Å². The first-order valence-electron chi connectivity index (χ1n) is 9.32. The molecule has 1 amide bonds. The number of H-pyrrole nitrogens is 1. The van der Waals surface area contributed by atoms with Gasteiger partial charge in [0.05, 0.1) is 21.6 Å². The van der Waals surface area contributed by atoms with Gasteiger partial charge in [0, 0.05) is 18.1 Å². The van der Waals surface area contributed by atoms with E-state index in [0.717, 1.165) is 22.1 Å². The summed E-state index contributed by atoms with van der Waals surface area (Å²) in [5.41, 5.74) is 3.64. The largest absolute Gasteiger partial charge is 0.348 e. The van der Waals surface area contributed by atoms with Crippen LogP contribution >= 0.6 is 0 Å². The van der Waals surface area contributed by atoms with Crippen molar-refractivity contribution in [3.63, 3.8) is 0 Å². The van der Waals surface area contributed by atoms with Crippen molar-refractivity contribution in [2.24, 2.45) is 0 Å². The molecule has 0 saturated carbocycles. The predicted molar refractivity (Wildman–Crippen MR) is 113 cm³/mol. The summed E-state index contributed by atoms with van der Waals surface area (Å²) in [5, 5.41) is 10.2. The Balaban J connectivity index is 1.47. The van der Waals surface area contributed by atoms with Gasteiger partial charge >= 0.3 is 0 Å². The molecule has 0 aliphatic carbocycles. The lowest BCUT2D eigenvalue weighted by atomic mass is 10.2. The molecule has 0 aliphatic heterocycles. The van der Waals surface area contributed by atoms with E-state index < -0.39 is 9.84 Å². The molecule has 0 spiro atoms. The number of sulfone groups is 1. The van der Waals surface area contributed by atoms with E-state index >= 15 is 0 Å². The fourth-order valence-corrected chi connectivity index (χ4v) is 4.70. The Bertz CT molecular complexity index is 1320. The van der Waals surface area contributed by atoms with E-state index in [1.54, 1.807) is 48.7 Å². The minimum Gasteiger partial charge on any atom is -0.348 e. The van der Waals surface area contributed by atoms with Crippen molar-refractivity contribution in [1.29, 1.82) is 0 Å². The molecule has 2 heterocycles. The molecule has 7 nitrogen and oxygen atoms in total. The summed E-state index contributed by atoms with van der Waals surface area (Å²) in [6.07, 6.45) is 3.09. The van der Waals surface area contributed by atoms with Crippen LogP contribution in [0.15, 0.2) is 70.7 Å². The highest BCUT2D eigenvalue weighted by Crippen LogP contribution is 2.23. The number of aryl methyl sites for hydroxylation is 2. The molecule has 30 heavy (non-hydrogen) atoms. The number of fused-ring (bicyclic) bond motifs is 1. The second-order valence-electron chi connectivity index (χ2n) is 7.19. The average molecular weight is 420 g/mol. The first-order chi connectivity index (χ1) is 14.3. The van der Waals surface area contributed by atoms with Gasteiger partial charge in [-0.15, -0.1) is 0 Å². The van der Waals surface area contributed by atoms with Crippen molar-refractivity contribution in [3.05, 3.63) is 83.2 Å². The number of carbonyl (C=O) groups is 1. The molecule has 2 aromatic heterocycles. The molecular formula is C22H20N4O3S. The van der Waals surface area contributed by atoms with E-state index in [1.165, 1.54) is 6.20 Å². The van der Waals surface area contributed by atoms with Crippen LogP contribution in [-0.2, 0) is 16.4 Å². The molecule has 0 unspecified atom stereocenters. The van der Waals surface area contributed by atoms with E-state index in [1.807, 2.05) is 19.9 Å². The maximum atomic E-state index is 12.9. The zero-order chi connectivity index (χ0) is 21.3. The molecule has 0 saturated heterocycles. The highest BCUT2D eigenvalue weighted by Gasteiger charge is 2.18. The first-order valence-corrected chi connectivity index (χ1v) is 10.8. The Labute approximate surface area is 174 Å². The maximum absolute atomic E-state index is 12.9.